The van der Waals surface area contributed by atoms with Gasteiger partial charge in [0, 0.05) is 18.0 Å². The molecular weight excluding hydrogens is 230 g/mol. The van der Waals surface area contributed by atoms with Crippen molar-refractivity contribution in [3.05, 3.63) is 23.8 Å². The summed E-state index contributed by atoms with van der Waals surface area (Å²) in [6, 6.07) is 8.26. The van der Waals surface area contributed by atoms with Crippen LogP contribution in [0.5, 0.6) is 0 Å². The fourth-order valence-electron chi connectivity index (χ4n) is 2.09. The molecule has 0 radical (unpaired) electrons. The van der Waals surface area contributed by atoms with Crippen molar-refractivity contribution in [1.29, 1.82) is 5.26 Å². The Morgan fingerprint density at radius 3 is 2.71 bits per heavy atom. The maximum atomic E-state index is 9.24. The van der Waals surface area contributed by atoms with Gasteiger partial charge in [-0.2, -0.15) is 5.26 Å². The Morgan fingerprint density at radius 1 is 1.29 bits per heavy atom. The lowest BCUT2D eigenvalue weighted by Gasteiger charge is -2.28. The zero-order valence-electron chi connectivity index (χ0n) is 10.1. The van der Waals surface area contributed by atoms with Crippen molar-refractivity contribution in [1.82, 2.24) is 5.01 Å². The van der Waals surface area contributed by atoms with Crippen LogP contribution in [0, 0.1) is 11.3 Å². The molecule has 2 rings (SSSR count). The highest BCUT2D eigenvalue weighted by Gasteiger charge is 2.13. The second-order valence-electron chi connectivity index (χ2n) is 4.15. The van der Waals surface area contributed by atoms with Gasteiger partial charge in [-0.3, -0.25) is 0 Å². The van der Waals surface area contributed by atoms with Crippen LogP contribution in [-0.2, 0) is 0 Å². The summed E-state index contributed by atoms with van der Waals surface area (Å²) in [7, 11) is 0. The summed E-state index contributed by atoms with van der Waals surface area (Å²) in [5, 5.41) is 11.5. The first-order valence-corrected chi connectivity index (χ1v) is 7.16. The largest absolute Gasteiger partial charge is 0.317 e. The fourth-order valence-corrected chi connectivity index (χ4v) is 2.66. The van der Waals surface area contributed by atoms with Crippen molar-refractivity contribution in [2.45, 2.75) is 24.2 Å². The monoisotopic (exact) mass is 247 g/mol. The molecule has 1 saturated heterocycles. The van der Waals surface area contributed by atoms with Gasteiger partial charge < -0.3 is 5.43 Å². The quantitative estimate of drug-likeness (QED) is 0.833. The van der Waals surface area contributed by atoms with E-state index in [1.807, 2.05) is 24.5 Å². The lowest BCUT2D eigenvalue weighted by Crippen LogP contribution is -2.35. The molecule has 0 saturated carbocycles. The Labute approximate surface area is 107 Å². The number of thioether (sulfide) groups is 1. The molecule has 4 heteroatoms. The van der Waals surface area contributed by atoms with Gasteiger partial charge in [0.1, 0.15) is 6.07 Å². The Kier molecular flexibility index (Phi) is 4.29. The van der Waals surface area contributed by atoms with Crippen LogP contribution in [0.4, 0.5) is 5.69 Å². The van der Waals surface area contributed by atoms with Crippen LogP contribution in [0.25, 0.3) is 0 Å². The van der Waals surface area contributed by atoms with E-state index in [1.54, 1.807) is 11.8 Å². The van der Waals surface area contributed by atoms with Gasteiger partial charge in [-0.25, -0.2) is 5.01 Å². The van der Waals surface area contributed by atoms with E-state index in [0.29, 0.717) is 0 Å². The highest BCUT2D eigenvalue weighted by Crippen LogP contribution is 2.27. The van der Waals surface area contributed by atoms with E-state index in [4.69, 9.17) is 0 Å². The van der Waals surface area contributed by atoms with Crippen molar-refractivity contribution < 1.29 is 0 Å². The second-order valence-corrected chi connectivity index (χ2v) is 5.00. The molecule has 0 aromatic heterocycles. The zero-order chi connectivity index (χ0) is 12.1. The Balaban J connectivity index is 2.17. The summed E-state index contributed by atoms with van der Waals surface area (Å²) in [5.74, 6) is 0. The lowest BCUT2D eigenvalue weighted by atomic mass is 10.1. The third kappa shape index (κ3) is 2.93. The van der Waals surface area contributed by atoms with Crippen LogP contribution < -0.4 is 5.43 Å². The molecule has 1 aliphatic heterocycles. The maximum absolute atomic E-state index is 9.24. The number of anilines is 1. The van der Waals surface area contributed by atoms with Crippen LogP contribution in [0.1, 0.15) is 24.8 Å². The number of nitrogens with zero attached hydrogens (tertiary/aromatic N) is 2. The number of hydrazine groups is 1. The van der Waals surface area contributed by atoms with Crippen molar-refractivity contribution >= 4 is 17.4 Å². The Bertz CT molecular complexity index is 419. The predicted molar refractivity (Wildman–Crippen MR) is 72.0 cm³/mol. The molecule has 0 amide bonds. The van der Waals surface area contributed by atoms with E-state index in [2.05, 4.69) is 16.5 Å². The molecule has 0 spiro atoms. The standard InChI is InChI=1S/C13H17N3S/c1-17-13-7-5-6-12(11(13)10-14)15-16-8-3-2-4-9-16/h5-7,15H,2-4,8-9H2,1H3. The van der Waals surface area contributed by atoms with Crippen LogP contribution in [-0.4, -0.2) is 24.4 Å². The summed E-state index contributed by atoms with van der Waals surface area (Å²) in [6.07, 6.45) is 5.78. The summed E-state index contributed by atoms with van der Waals surface area (Å²) in [6.45, 7) is 2.13. The Hall–Kier alpha value is -1.18. The minimum absolute atomic E-state index is 0.755. The van der Waals surface area contributed by atoms with Gasteiger partial charge in [-0.15, -0.1) is 11.8 Å². The van der Waals surface area contributed by atoms with Gasteiger partial charge in [0.2, 0.25) is 0 Å². The molecule has 1 heterocycles. The Morgan fingerprint density at radius 2 is 2.06 bits per heavy atom. The van der Waals surface area contributed by atoms with E-state index >= 15 is 0 Å². The number of piperidine rings is 1. The molecule has 0 atom stereocenters. The summed E-state index contributed by atoms with van der Waals surface area (Å²) < 4.78 is 0. The molecule has 17 heavy (non-hydrogen) atoms. The van der Waals surface area contributed by atoms with Gasteiger partial charge in [-0.05, 0) is 31.2 Å². The molecule has 1 aromatic carbocycles. The van der Waals surface area contributed by atoms with Crippen molar-refractivity contribution in [2.24, 2.45) is 0 Å². The number of hydrogen-bond acceptors (Lipinski definition) is 4. The lowest BCUT2D eigenvalue weighted by molar-refractivity contribution is 0.273. The van der Waals surface area contributed by atoms with Gasteiger partial charge >= 0.3 is 0 Å². The average Bonchev–Trinajstić information content (AvgIpc) is 2.39. The van der Waals surface area contributed by atoms with Crippen LogP contribution >= 0.6 is 11.8 Å². The highest BCUT2D eigenvalue weighted by atomic mass is 32.2. The van der Waals surface area contributed by atoms with E-state index < -0.39 is 0 Å². The molecule has 1 aliphatic rings. The molecule has 1 N–H and O–H groups in total. The van der Waals surface area contributed by atoms with E-state index in [9.17, 15) is 5.26 Å². The molecule has 90 valence electrons. The molecule has 0 bridgehead atoms. The number of hydrogen-bond donors (Lipinski definition) is 1. The second kappa shape index (κ2) is 5.95. The molecule has 1 aromatic rings. The summed E-state index contributed by atoms with van der Waals surface area (Å²) >= 11 is 1.62. The van der Waals surface area contributed by atoms with Gasteiger partial charge in [0.15, 0.2) is 0 Å². The first-order chi connectivity index (χ1) is 8.35. The topological polar surface area (TPSA) is 39.1 Å². The van der Waals surface area contributed by atoms with Gasteiger partial charge in [0.25, 0.3) is 0 Å². The minimum Gasteiger partial charge on any atom is -0.317 e. The van der Waals surface area contributed by atoms with E-state index in [-0.39, 0.29) is 0 Å². The normalized spacial score (nSPS) is 16.5. The maximum Gasteiger partial charge on any atom is 0.103 e. The summed E-state index contributed by atoms with van der Waals surface area (Å²) in [4.78, 5) is 1.04. The fraction of sp³-hybridized carbons (Fsp3) is 0.462. The number of nitrogens with one attached hydrogen (secondary N) is 1. The van der Waals surface area contributed by atoms with Crippen LogP contribution in [0.3, 0.4) is 0 Å². The number of nitriles is 1. The molecule has 1 fully saturated rings. The SMILES string of the molecule is CSc1cccc(NN2CCCCC2)c1C#N. The van der Waals surface area contributed by atoms with Crippen molar-refractivity contribution in [3.8, 4) is 6.07 Å². The molecular formula is C13H17N3S. The van der Waals surface area contributed by atoms with Gasteiger partial charge in [-0.1, -0.05) is 12.5 Å². The predicted octanol–water partition coefficient (Wildman–Crippen LogP) is 3.09. The number of rotatable bonds is 3. The highest BCUT2D eigenvalue weighted by molar-refractivity contribution is 7.98. The smallest absolute Gasteiger partial charge is 0.103 e. The van der Waals surface area contributed by atoms with E-state index in [0.717, 1.165) is 29.2 Å². The van der Waals surface area contributed by atoms with Crippen molar-refractivity contribution in [2.75, 3.05) is 24.8 Å². The third-order valence-corrected chi connectivity index (χ3v) is 3.77. The van der Waals surface area contributed by atoms with Crippen LogP contribution in [0.15, 0.2) is 23.1 Å². The summed E-state index contributed by atoms with van der Waals surface area (Å²) in [5.41, 5.74) is 5.06. The number of benzene rings is 1. The first kappa shape index (κ1) is 12.3. The van der Waals surface area contributed by atoms with E-state index in [1.165, 1.54) is 19.3 Å². The van der Waals surface area contributed by atoms with Crippen molar-refractivity contribution in [3.63, 3.8) is 0 Å². The molecule has 3 nitrogen and oxygen atoms in total. The third-order valence-electron chi connectivity index (χ3n) is 2.99. The molecule has 0 aliphatic carbocycles. The average molecular weight is 247 g/mol. The van der Waals surface area contributed by atoms with Crippen LogP contribution in [0.2, 0.25) is 0 Å². The first-order valence-electron chi connectivity index (χ1n) is 5.94. The minimum atomic E-state index is 0.755. The zero-order valence-corrected chi connectivity index (χ0v) is 10.9. The molecule has 0 unspecified atom stereocenters. The van der Waals surface area contributed by atoms with Gasteiger partial charge in [0.05, 0.1) is 11.3 Å².